The lowest BCUT2D eigenvalue weighted by molar-refractivity contribution is 1.13. The Morgan fingerprint density at radius 2 is 1.88 bits per heavy atom. The van der Waals surface area contributed by atoms with Gasteiger partial charge in [0.25, 0.3) is 0 Å². The second-order valence-corrected chi connectivity index (χ2v) is 4.78. The molecule has 78 valence electrons. The average Bonchev–Trinajstić information content (AvgIpc) is 2.82. The van der Waals surface area contributed by atoms with E-state index >= 15 is 0 Å². The highest BCUT2D eigenvalue weighted by atomic mass is 32.1. The van der Waals surface area contributed by atoms with Gasteiger partial charge in [0.1, 0.15) is 0 Å². The molecule has 3 aromatic rings. The summed E-state index contributed by atoms with van der Waals surface area (Å²) in [6.45, 7) is 0. The van der Waals surface area contributed by atoms with Crippen molar-refractivity contribution in [2.75, 3.05) is 0 Å². The van der Waals surface area contributed by atoms with Gasteiger partial charge in [0.15, 0.2) is 0 Å². The Kier molecular flexibility index (Phi) is 2.43. The van der Waals surface area contributed by atoms with Crippen molar-refractivity contribution in [1.82, 2.24) is 4.98 Å². The fraction of sp³-hybridized carbons (Fsp3) is 0.0714. The summed E-state index contributed by atoms with van der Waals surface area (Å²) in [6, 6.07) is 16.7. The lowest BCUT2D eigenvalue weighted by Gasteiger charge is -2.01. The zero-order chi connectivity index (χ0) is 10.8. The Bertz CT molecular complexity index is 599. The summed E-state index contributed by atoms with van der Waals surface area (Å²) in [4.78, 5) is 6.02. The van der Waals surface area contributed by atoms with E-state index in [1.165, 1.54) is 10.3 Å². The number of hydrogen-bond donors (Lipinski definition) is 0. The molecule has 1 nitrogen and oxygen atoms in total. The lowest BCUT2D eigenvalue weighted by Crippen LogP contribution is -1.90. The van der Waals surface area contributed by atoms with E-state index in [9.17, 15) is 0 Å². The second-order valence-electron chi connectivity index (χ2n) is 3.75. The van der Waals surface area contributed by atoms with Gasteiger partial charge < -0.3 is 0 Å². The summed E-state index contributed by atoms with van der Waals surface area (Å²) >= 11 is 1.78. The Hall–Kier alpha value is -1.67. The standard InChI is InChI=1S/C14H11NS/c1-2-6-14-11(4-1)7-8-12(15-14)10-13-5-3-9-16-13/h1-9H,10H2. The number of rotatable bonds is 2. The number of aromatic nitrogens is 1. The van der Waals surface area contributed by atoms with E-state index in [1.54, 1.807) is 11.3 Å². The van der Waals surface area contributed by atoms with Crippen LogP contribution < -0.4 is 0 Å². The topological polar surface area (TPSA) is 12.9 Å². The van der Waals surface area contributed by atoms with Crippen molar-refractivity contribution in [3.05, 3.63) is 64.5 Å². The number of nitrogens with zero attached hydrogens (tertiary/aromatic N) is 1. The van der Waals surface area contributed by atoms with Crippen LogP contribution in [0.2, 0.25) is 0 Å². The first-order chi connectivity index (χ1) is 7.92. The molecule has 0 fully saturated rings. The van der Waals surface area contributed by atoms with E-state index in [1.807, 2.05) is 12.1 Å². The third-order valence-corrected chi connectivity index (χ3v) is 3.47. The molecular formula is C14H11NS. The molecule has 16 heavy (non-hydrogen) atoms. The van der Waals surface area contributed by atoms with E-state index < -0.39 is 0 Å². The predicted octanol–water partition coefficient (Wildman–Crippen LogP) is 3.89. The molecule has 1 aromatic carbocycles. The number of pyridine rings is 1. The molecule has 0 spiro atoms. The summed E-state index contributed by atoms with van der Waals surface area (Å²) in [5.74, 6) is 0. The van der Waals surface area contributed by atoms with Crippen LogP contribution in [0.15, 0.2) is 53.9 Å². The smallest absolute Gasteiger partial charge is 0.0705 e. The Balaban J connectivity index is 1.99. The minimum Gasteiger partial charge on any atom is -0.252 e. The molecule has 0 saturated heterocycles. The van der Waals surface area contributed by atoms with Crippen LogP contribution in [0.4, 0.5) is 0 Å². The van der Waals surface area contributed by atoms with Crippen molar-refractivity contribution >= 4 is 22.2 Å². The van der Waals surface area contributed by atoms with Crippen molar-refractivity contribution in [2.45, 2.75) is 6.42 Å². The highest BCUT2D eigenvalue weighted by molar-refractivity contribution is 7.09. The molecule has 0 N–H and O–H groups in total. The summed E-state index contributed by atoms with van der Waals surface area (Å²) in [5.41, 5.74) is 2.22. The van der Waals surface area contributed by atoms with Crippen molar-refractivity contribution in [2.24, 2.45) is 0 Å². The minimum absolute atomic E-state index is 0.933. The third-order valence-electron chi connectivity index (χ3n) is 2.59. The molecule has 2 heteroatoms. The van der Waals surface area contributed by atoms with Gasteiger partial charge in [-0.1, -0.05) is 30.3 Å². The summed E-state index contributed by atoms with van der Waals surface area (Å²) in [6.07, 6.45) is 0.933. The molecule has 0 amide bonds. The Morgan fingerprint density at radius 3 is 2.75 bits per heavy atom. The predicted molar refractivity (Wildman–Crippen MR) is 68.9 cm³/mol. The first-order valence-electron chi connectivity index (χ1n) is 5.29. The van der Waals surface area contributed by atoms with Crippen LogP contribution in [0.5, 0.6) is 0 Å². The Morgan fingerprint density at radius 1 is 0.938 bits per heavy atom. The fourth-order valence-corrected chi connectivity index (χ4v) is 2.52. The van der Waals surface area contributed by atoms with E-state index in [2.05, 4.69) is 46.8 Å². The number of fused-ring (bicyclic) bond motifs is 1. The average molecular weight is 225 g/mol. The van der Waals surface area contributed by atoms with Crippen LogP contribution in [-0.4, -0.2) is 4.98 Å². The van der Waals surface area contributed by atoms with Crippen LogP contribution in [0.25, 0.3) is 10.9 Å². The van der Waals surface area contributed by atoms with Gasteiger partial charge in [-0.3, -0.25) is 4.98 Å². The van der Waals surface area contributed by atoms with Gasteiger partial charge in [0.05, 0.1) is 5.52 Å². The number of thiophene rings is 1. The van der Waals surface area contributed by atoms with E-state index in [0.29, 0.717) is 0 Å². The monoisotopic (exact) mass is 225 g/mol. The largest absolute Gasteiger partial charge is 0.252 e. The maximum Gasteiger partial charge on any atom is 0.0705 e. The summed E-state index contributed by atoms with van der Waals surface area (Å²) in [5, 5.41) is 3.31. The molecule has 0 radical (unpaired) electrons. The quantitative estimate of drug-likeness (QED) is 0.645. The van der Waals surface area contributed by atoms with Crippen molar-refractivity contribution in [3.63, 3.8) is 0 Å². The molecule has 0 saturated carbocycles. The van der Waals surface area contributed by atoms with Crippen molar-refractivity contribution in [1.29, 1.82) is 0 Å². The van der Waals surface area contributed by atoms with E-state index in [0.717, 1.165) is 17.6 Å². The molecule has 0 aliphatic carbocycles. The fourth-order valence-electron chi connectivity index (χ4n) is 1.80. The molecule has 0 aliphatic rings. The van der Waals surface area contributed by atoms with Gasteiger partial charge in [-0.2, -0.15) is 0 Å². The highest BCUT2D eigenvalue weighted by Crippen LogP contribution is 2.16. The van der Waals surface area contributed by atoms with Gasteiger partial charge in [-0.05, 0) is 23.6 Å². The highest BCUT2D eigenvalue weighted by Gasteiger charge is 2.00. The first-order valence-corrected chi connectivity index (χ1v) is 6.17. The van der Waals surface area contributed by atoms with Gasteiger partial charge in [-0.25, -0.2) is 0 Å². The third kappa shape index (κ3) is 1.84. The van der Waals surface area contributed by atoms with Gasteiger partial charge in [0, 0.05) is 22.4 Å². The lowest BCUT2D eigenvalue weighted by atomic mass is 10.1. The van der Waals surface area contributed by atoms with Crippen molar-refractivity contribution < 1.29 is 0 Å². The number of hydrogen-bond acceptors (Lipinski definition) is 2. The maximum atomic E-state index is 4.66. The second kappa shape index (κ2) is 4.06. The van der Waals surface area contributed by atoms with Crippen LogP contribution >= 0.6 is 11.3 Å². The molecule has 0 unspecified atom stereocenters. The molecule has 3 rings (SSSR count). The normalized spacial score (nSPS) is 10.8. The van der Waals surface area contributed by atoms with Crippen LogP contribution in [-0.2, 0) is 6.42 Å². The SMILES string of the molecule is c1csc(Cc2ccc3ccccc3n2)c1. The molecule has 0 bridgehead atoms. The molecular weight excluding hydrogens is 214 g/mol. The zero-order valence-corrected chi connectivity index (χ0v) is 9.58. The van der Waals surface area contributed by atoms with Gasteiger partial charge in [0.2, 0.25) is 0 Å². The summed E-state index contributed by atoms with van der Waals surface area (Å²) < 4.78 is 0. The van der Waals surface area contributed by atoms with Crippen LogP contribution in [0.3, 0.4) is 0 Å². The van der Waals surface area contributed by atoms with Gasteiger partial charge >= 0.3 is 0 Å². The number of benzene rings is 1. The van der Waals surface area contributed by atoms with Crippen LogP contribution in [0, 0.1) is 0 Å². The molecule has 2 heterocycles. The summed E-state index contributed by atoms with van der Waals surface area (Å²) in [7, 11) is 0. The molecule has 0 atom stereocenters. The minimum atomic E-state index is 0.933. The van der Waals surface area contributed by atoms with Crippen molar-refractivity contribution in [3.8, 4) is 0 Å². The number of para-hydroxylation sites is 1. The van der Waals surface area contributed by atoms with Crippen LogP contribution in [0.1, 0.15) is 10.6 Å². The van der Waals surface area contributed by atoms with E-state index in [-0.39, 0.29) is 0 Å². The Labute approximate surface area is 98.4 Å². The van der Waals surface area contributed by atoms with E-state index in [4.69, 9.17) is 0 Å². The zero-order valence-electron chi connectivity index (χ0n) is 8.76. The maximum absolute atomic E-state index is 4.66. The van der Waals surface area contributed by atoms with Gasteiger partial charge in [-0.15, -0.1) is 11.3 Å². The first kappa shape index (κ1) is 9.55. The molecule has 2 aromatic heterocycles. The molecule has 0 aliphatic heterocycles.